The molecule has 0 unspecified atom stereocenters. The van der Waals surface area contributed by atoms with Crippen molar-refractivity contribution >= 4 is 39.7 Å². The Balaban J connectivity index is 1.76. The van der Waals surface area contributed by atoms with E-state index < -0.39 is 10.9 Å². The molecular formula is C20H17N3O5S. The minimum atomic E-state index is -0.811. The van der Waals surface area contributed by atoms with Crippen LogP contribution in [0.15, 0.2) is 53.9 Å². The first kappa shape index (κ1) is 20.2. The van der Waals surface area contributed by atoms with Gasteiger partial charge in [0.1, 0.15) is 12.2 Å². The van der Waals surface area contributed by atoms with Gasteiger partial charge >= 0.3 is 5.97 Å². The molecule has 8 nitrogen and oxygen atoms in total. The molecule has 0 aliphatic carbocycles. The SMILES string of the molecule is CC(=O)N(c1cccc(C)c1)c1nc(COC(=O)c2ccccc2[N+](=O)[O-])cs1. The highest BCUT2D eigenvalue weighted by Gasteiger charge is 2.22. The van der Waals surface area contributed by atoms with Crippen molar-refractivity contribution in [2.45, 2.75) is 20.5 Å². The summed E-state index contributed by atoms with van der Waals surface area (Å²) < 4.78 is 5.18. The van der Waals surface area contributed by atoms with E-state index >= 15 is 0 Å². The number of carbonyl (C=O) groups is 2. The highest BCUT2D eigenvalue weighted by molar-refractivity contribution is 7.14. The number of aryl methyl sites for hydroxylation is 1. The number of benzene rings is 2. The highest BCUT2D eigenvalue weighted by Crippen LogP contribution is 2.30. The zero-order valence-corrected chi connectivity index (χ0v) is 16.5. The summed E-state index contributed by atoms with van der Waals surface area (Å²) in [6, 6.07) is 13.0. The lowest BCUT2D eigenvalue weighted by Crippen LogP contribution is -2.22. The van der Waals surface area contributed by atoms with E-state index in [4.69, 9.17) is 4.74 Å². The third-order valence-electron chi connectivity index (χ3n) is 3.98. The van der Waals surface area contributed by atoms with Crippen LogP contribution >= 0.6 is 11.3 Å². The molecule has 0 atom stereocenters. The van der Waals surface area contributed by atoms with Crippen LogP contribution in [0.3, 0.4) is 0 Å². The molecule has 0 aliphatic rings. The Bertz CT molecular complexity index is 1080. The van der Waals surface area contributed by atoms with Crippen molar-refractivity contribution in [2.24, 2.45) is 0 Å². The number of hydrogen-bond donors (Lipinski definition) is 0. The molecule has 2 aromatic carbocycles. The number of rotatable bonds is 6. The van der Waals surface area contributed by atoms with Gasteiger partial charge in [0, 0.05) is 18.4 Å². The summed E-state index contributed by atoms with van der Waals surface area (Å²) in [5, 5.41) is 13.2. The Morgan fingerprint density at radius 3 is 2.66 bits per heavy atom. The second-order valence-corrected chi connectivity index (χ2v) is 7.00. The van der Waals surface area contributed by atoms with Crippen molar-refractivity contribution < 1.29 is 19.2 Å². The third kappa shape index (κ3) is 4.64. The fraction of sp³-hybridized carbons (Fsp3) is 0.150. The summed E-state index contributed by atoms with van der Waals surface area (Å²) in [4.78, 5) is 40.7. The number of nitro benzene ring substituents is 1. The van der Waals surface area contributed by atoms with Crippen LogP contribution < -0.4 is 4.90 Å². The van der Waals surface area contributed by atoms with Crippen molar-refractivity contribution in [3.8, 4) is 0 Å². The zero-order valence-electron chi connectivity index (χ0n) is 15.7. The maximum absolute atomic E-state index is 12.2. The topological polar surface area (TPSA) is 103 Å². The van der Waals surface area contributed by atoms with Gasteiger partial charge in [0.05, 0.1) is 16.3 Å². The average molecular weight is 411 g/mol. The summed E-state index contributed by atoms with van der Waals surface area (Å²) in [5.41, 5.74) is 1.69. The van der Waals surface area contributed by atoms with Crippen molar-refractivity contribution in [3.63, 3.8) is 0 Å². The lowest BCUT2D eigenvalue weighted by Gasteiger charge is -2.18. The minimum absolute atomic E-state index is 0.127. The van der Waals surface area contributed by atoms with E-state index in [9.17, 15) is 19.7 Å². The van der Waals surface area contributed by atoms with Gasteiger partial charge in [-0.05, 0) is 30.7 Å². The molecule has 0 saturated heterocycles. The lowest BCUT2D eigenvalue weighted by molar-refractivity contribution is -0.385. The van der Waals surface area contributed by atoms with Crippen LogP contribution in [0.4, 0.5) is 16.5 Å². The Morgan fingerprint density at radius 2 is 1.97 bits per heavy atom. The second kappa shape index (κ2) is 8.61. The summed E-state index contributed by atoms with van der Waals surface area (Å²) in [5.74, 6) is -1.01. The molecule has 0 spiro atoms. The summed E-state index contributed by atoms with van der Waals surface area (Å²) in [7, 11) is 0. The van der Waals surface area contributed by atoms with Crippen LogP contribution in [0.5, 0.6) is 0 Å². The molecule has 0 radical (unpaired) electrons. The number of aromatic nitrogens is 1. The number of hydrogen-bond acceptors (Lipinski definition) is 7. The number of nitrogens with zero attached hydrogens (tertiary/aromatic N) is 3. The van der Waals surface area contributed by atoms with Gasteiger partial charge in [-0.3, -0.25) is 19.8 Å². The average Bonchev–Trinajstić information content (AvgIpc) is 3.14. The first-order chi connectivity index (χ1) is 13.9. The van der Waals surface area contributed by atoms with Crippen LogP contribution in [-0.2, 0) is 16.1 Å². The number of anilines is 2. The molecule has 0 N–H and O–H groups in total. The van der Waals surface area contributed by atoms with Crippen molar-refractivity contribution in [1.29, 1.82) is 0 Å². The number of nitro groups is 1. The standard InChI is InChI=1S/C20H17N3O5S/c1-13-6-5-7-16(10-13)22(14(2)24)20-21-15(12-29-20)11-28-19(25)17-8-3-4-9-18(17)23(26)27/h3-10,12H,11H2,1-2H3. The van der Waals surface area contributed by atoms with Crippen LogP contribution in [0.25, 0.3) is 0 Å². The van der Waals surface area contributed by atoms with E-state index in [1.807, 2.05) is 31.2 Å². The first-order valence-electron chi connectivity index (χ1n) is 8.59. The van der Waals surface area contributed by atoms with Crippen LogP contribution in [0.1, 0.15) is 28.5 Å². The van der Waals surface area contributed by atoms with Crippen molar-refractivity contribution in [3.05, 3.63) is 80.8 Å². The number of esters is 1. The van der Waals surface area contributed by atoms with Gasteiger partial charge in [-0.2, -0.15) is 0 Å². The van der Waals surface area contributed by atoms with Gasteiger partial charge < -0.3 is 4.74 Å². The number of para-hydroxylation sites is 1. The molecule has 29 heavy (non-hydrogen) atoms. The lowest BCUT2D eigenvalue weighted by atomic mass is 10.2. The molecule has 0 fully saturated rings. The molecule has 0 saturated carbocycles. The molecule has 1 aromatic heterocycles. The zero-order chi connectivity index (χ0) is 21.0. The Morgan fingerprint density at radius 1 is 1.21 bits per heavy atom. The largest absolute Gasteiger partial charge is 0.455 e. The molecule has 0 aliphatic heterocycles. The Kier molecular flexibility index (Phi) is 5.99. The van der Waals surface area contributed by atoms with Gasteiger partial charge in [0.25, 0.3) is 5.69 Å². The minimum Gasteiger partial charge on any atom is -0.455 e. The normalized spacial score (nSPS) is 10.4. The predicted octanol–water partition coefficient (Wildman–Crippen LogP) is 4.40. The Labute approximate surface area is 170 Å². The smallest absolute Gasteiger partial charge is 0.345 e. The number of thiazole rings is 1. The number of ether oxygens (including phenoxy) is 1. The van der Waals surface area contributed by atoms with E-state index in [0.717, 1.165) is 5.56 Å². The molecule has 1 heterocycles. The number of carbonyl (C=O) groups excluding carboxylic acids is 2. The van der Waals surface area contributed by atoms with E-state index in [1.165, 1.54) is 47.4 Å². The summed E-state index contributed by atoms with van der Waals surface area (Å²) in [6.45, 7) is 3.20. The van der Waals surface area contributed by atoms with Gasteiger partial charge in [-0.15, -0.1) is 11.3 Å². The van der Waals surface area contributed by atoms with Crippen LogP contribution in [0, 0.1) is 17.0 Å². The molecule has 0 bridgehead atoms. The van der Waals surface area contributed by atoms with Gasteiger partial charge in [-0.1, -0.05) is 24.3 Å². The van der Waals surface area contributed by atoms with Crippen LogP contribution in [-0.4, -0.2) is 21.8 Å². The quantitative estimate of drug-likeness (QED) is 0.338. The van der Waals surface area contributed by atoms with E-state index in [1.54, 1.807) is 5.38 Å². The molecule has 3 rings (SSSR count). The monoisotopic (exact) mass is 411 g/mol. The van der Waals surface area contributed by atoms with Crippen molar-refractivity contribution in [1.82, 2.24) is 4.98 Å². The van der Waals surface area contributed by atoms with Crippen LogP contribution in [0.2, 0.25) is 0 Å². The van der Waals surface area contributed by atoms with Gasteiger partial charge in [-0.25, -0.2) is 9.78 Å². The molecular weight excluding hydrogens is 394 g/mol. The molecule has 3 aromatic rings. The first-order valence-corrected chi connectivity index (χ1v) is 9.47. The second-order valence-electron chi connectivity index (χ2n) is 6.17. The molecule has 9 heteroatoms. The van der Waals surface area contributed by atoms with E-state index in [-0.39, 0.29) is 23.8 Å². The fourth-order valence-corrected chi connectivity index (χ4v) is 3.55. The fourth-order valence-electron chi connectivity index (χ4n) is 2.68. The van der Waals surface area contributed by atoms with E-state index in [0.29, 0.717) is 16.5 Å². The molecule has 1 amide bonds. The predicted molar refractivity (Wildman–Crippen MR) is 108 cm³/mol. The van der Waals surface area contributed by atoms with Crippen molar-refractivity contribution in [2.75, 3.05) is 4.90 Å². The van der Waals surface area contributed by atoms with E-state index in [2.05, 4.69) is 4.98 Å². The summed E-state index contributed by atoms with van der Waals surface area (Å²) in [6.07, 6.45) is 0. The highest BCUT2D eigenvalue weighted by atomic mass is 32.1. The number of amides is 1. The maximum Gasteiger partial charge on any atom is 0.345 e. The Hall–Kier alpha value is -3.59. The summed E-state index contributed by atoms with van der Waals surface area (Å²) >= 11 is 1.24. The third-order valence-corrected chi connectivity index (χ3v) is 4.85. The van der Waals surface area contributed by atoms with Gasteiger partial charge in [0.2, 0.25) is 5.91 Å². The molecule has 148 valence electrons. The van der Waals surface area contributed by atoms with Gasteiger partial charge in [0.15, 0.2) is 5.13 Å². The maximum atomic E-state index is 12.2.